The largest absolute Gasteiger partial charge is 0.497 e. The molecule has 0 spiro atoms. The Hall–Kier alpha value is -2.44. The van der Waals surface area contributed by atoms with Crippen molar-refractivity contribution >= 4 is 55.6 Å². The van der Waals surface area contributed by atoms with Crippen molar-refractivity contribution in [2.45, 2.75) is 4.34 Å². The van der Waals surface area contributed by atoms with Gasteiger partial charge in [0.25, 0.3) is 15.9 Å². The van der Waals surface area contributed by atoms with Crippen molar-refractivity contribution in [3.05, 3.63) is 58.1 Å². The number of halogens is 2. The summed E-state index contributed by atoms with van der Waals surface area (Å²) in [5.74, 6) is 0.600. The highest BCUT2D eigenvalue weighted by Gasteiger charge is 2.21. The van der Waals surface area contributed by atoms with Crippen molar-refractivity contribution < 1.29 is 22.7 Å². The van der Waals surface area contributed by atoms with Crippen molar-refractivity contribution in [1.82, 2.24) is 14.9 Å². The van der Waals surface area contributed by atoms with Gasteiger partial charge < -0.3 is 9.47 Å². The second-order valence-corrected chi connectivity index (χ2v) is 9.64. The molecule has 0 fully saturated rings. The van der Waals surface area contributed by atoms with E-state index in [1.165, 1.54) is 25.3 Å². The van der Waals surface area contributed by atoms with E-state index in [0.717, 1.165) is 0 Å². The molecule has 0 aliphatic heterocycles. The van der Waals surface area contributed by atoms with Crippen molar-refractivity contribution in [1.29, 1.82) is 0 Å². The van der Waals surface area contributed by atoms with E-state index in [0.29, 0.717) is 27.9 Å². The second-order valence-electron chi connectivity index (χ2n) is 5.88. The second kappa shape index (κ2) is 10.2. The minimum Gasteiger partial charge on any atom is -0.497 e. The van der Waals surface area contributed by atoms with Crippen LogP contribution in [0.25, 0.3) is 0 Å². The molecule has 3 rings (SSSR count). The van der Waals surface area contributed by atoms with Gasteiger partial charge in [0, 0.05) is 17.6 Å². The third-order valence-corrected chi connectivity index (χ3v) is 6.95. The molecule has 0 aliphatic rings. The molecule has 2 N–H and O–H groups in total. The van der Waals surface area contributed by atoms with Crippen LogP contribution in [0.15, 0.2) is 46.8 Å². The topological polar surface area (TPSA) is 120 Å². The lowest BCUT2D eigenvalue weighted by atomic mass is 10.2. The molecule has 0 atom stereocenters. The first-order valence-corrected chi connectivity index (χ1v) is 11.7. The third-order valence-electron chi connectivity index (χ3n) is 3.74. The van der Waals surface area contributed by atoms with E-state index in [1.54, 1.807) is 24.3 Å². The van der Waals surface area contributed by atoms with Crippen LogP contribution in [0.3, 0.4) is 0 Å². The monoisotopic (exact) mass is 502 g/mol. The lowest BCUT2D eigenvalue weighted by Gasteiger charge is -2.08. The lowest BCUT2D eigenvalue weighted by molar-refractivity contribution is 0.102. The molecule has 0 saturated heterocycles. The minimum atomic E-state index is -3.93. The van der Waals surface area contributed by atoms with Crippen LogP contribution < -0.4 is 19.5 Å². The summed E-state index contributed by atoms with van der Waals surface area (Å²) in [6, 6.07) is 11.3. The van der Waals surface area contributed by atoms with Gasteiger partial charge in [-0.1, -0.05) is 40.6 Å². The Bertz CT molecular complexity index is 1190. The van der Waals surface area contributed by atoms with Gasteiger partial charge in [0.1, 0.15) is 18.1 Å². The van der Waals surface area contributed by atoms with Crippen molar-refractivity contribution in [3.8, 4) is 11.5 Å². The molecule has 13 heteroatoms. The summed E-state index contributed by atoms with van der Waals surface area (Å²) in [7, 11) is -2.39. The molecular formula is C18H16Cl2N4O5S2. The van der Waals surface area contributed by atoms with Crippen molar-refractivity contribution in [3.63, 3.8) is 0 Å². The first-order chi connectivity index (χ1) is 14.8. The number of ether oxygens (including phenoxy) is 2. The van der Waals surface area contributed by atoms with Crippen LogP contribution in [0.4, 0.5) is 5.13 Å². The van der Waals surface area contributed by atoms with E-state index in [-0.39, 0.29) is 33.2 Å². The fourth-order valence-electron chi connectivity index (χ4n) is 2.30. The molecule has 3 aromatic rings. The van der Waals surface area contributed by atoms with Crippen LogP contribution in [-0.2, 0) is 10.0 Å². The molecule has 2 aromatic carbocycles. The number of methoxy groups -OCH3 is 1. The van der Waals surface area contributed by atoms with Gasteiger partial charge in [-0.3, -0.25) is 10.1 Å². The molecule has 0 saturated carbocycles. The zero-order valence-corrected chi connectivity index (χ0v) is 19.1. The van der Waals surface area contributed by atoms with Gasteiger partial charge in [0.2, 0.25) is 9.47 Å². The fourth-order valence-corrected chi connectivity index (χ4v) is 4.75. The van der Waals surface area contributed by atoms with Crippen LogP contribution in [0.2, 0.25) is 10.0 Å². The standard InChI is InChI=1S/C18H16Cl2N4O5S2/c1-28-12-3-2-4-13(10-12)29-8-7-21-31(26,27)18-24-23-17(30-18)22-16(25)14-6-5-11(19)9-15(14)20/h2-6,9-10,21H,7-8H2,1H3,(H,22,23,25). The van der Waals surface area contributed by atoms with E-state index in [4.69, 9.17) is 32.7 Å². The number of nitrogens with zero attached hydrogens (tertiary/aromatic N) is 2. The highest BCUT2D eigenvalue weighted by Crippen LogP contribution is 2.24. The average Bonchev–Trinajstić information content (AvgIpc) is 3.21. The number of hydrogen-bond donors (Lipinski definition) is 2. The van der Waals surface area contributed by atoms with Gasteiger partial charge >= 0.3 is 0 Å². The number of sulfonamides is 1. The molecule has 0 bridgehead atoms. The van der Waals surface area contributed by atoms with Gasteiger partial charge in [0.05, 0.1) is 17.7 Å². The maximum Gasteiger partial charge on any atom is 0.269 e. The first-order valence-electron chi connectivity index (χ1n) is 8.65. The number of rotatable bonds is 9. The quantitative estimate of drug-likeness (QED) is 0.339. The number of aromatic nitrogens is 2. The highest BCUT2D eigenvalue weighted by molar-refractivity contribution is 7.91. The van der Waals surface area contributed by atoms with Gasteiger partial charge in [-0.25, -0.2) is 13.1 Å². The van der Waals surface area contributed by atoms with E-state index in [1.807, 2.05) is 0 Å². The summed E-state index contributed by atoms with van der Waals surface area (Å²) in [6.45, 7) is 0.0884. The van der Waals surface area contributed by atoms with Crippen LogP contribution in [0, 0.1) is 0 Å². The number of amides is 1. The Morgan fingerprint density at radius 1 is 1.13 bits per heavy atom. The summed E-state index contributed by atoms with van der Waals surface area (Å²) in [4.78, 5) is 12.3. The Balaban J connectivity index is 1.55. The molecule has 164 valence electrons. The number of nitrogens with one attached hydrogen (secondary N) is 2. The SMILES string of the molecule is COc1cccc(OCCNS(=O)(=O)c2nnc(NC(=O)c3ccc(Cl)cc3Cl)s2)c1. The van der Waals surface area contributed by atoms with Gasteiger partial charge in [-0.05, 0) is 30.3 Å². The zero-order chi connectivity index (χ0) is 22.4. The van der Waals surface area contributed by atoms with Crippen LogP contribution >= 0.6 is 34.5 Å². The van der Waals surface area contributed by atoms with E-state index in [2.05, 4.69) is 20.2 Å². The lowest BCUT2D eigenvalue weighted by Crippen LogP contribution is -2.28. The number of hydrogen-bond acceptors (Lipinski definition) is 8. The number of benzene rings is 2. The molecule has 31 heavy (non-hydrogen) atoms. The van der Waals surface area contributed by atoms with Gasteiger partial charge in [0.15, 0.2) is 0 Å². The van der Waals surface area contributed by atoms with Crippen LogP contribution in [0.1, 0.15) is 10.4 Å². The van der Waals surface area contributed by atoms with E-state index in [9.17, 15) is 13.2 Å². The Morgan fingerprint density at radius 3 is 2.65 bits per heavy atom. The summed E-state index contributed by atoms with van der Waals surface area (Å²) in [5.41, 5.74) is 0.165. The minimum absolute atomic E-state index is 0.00119. The summed E-state index contributed by atoms with van der Waals surface area (Å²) in [5, 5.41) is 10.3. The number of anilines is 1. The fraction of sp³-hybridized carbons (Fsp3) is 0.167. The Kier molecular flexibility index (Phi) is 7.68. The van der Waals surface area contributed by atoms with Crippen molar-refractivity contribution in [2.75, 3.05) is 25.6 Å². The maximum absolute atomic E-state index is 12.4. The molecule has 1 amide bonds. The van der Waals surface area contributed by atoms with Gasteiger partial charge in [-0.15, -0.1) is 10.2 Å². The number of carbonyl (C=O) groups is 1. The Morgan fingerprint density at radius 2 is 1.90 bits per heavy atom. The summed E-state index contributed by atoms with van der Waals surface area (Å²) >= 11 is 12.5. The average molecular weight is 503 g/mol. The molecule has 0 radical (unpaired) electrons. The molecule has 9 nitrogen and oxygen atoms in total. The summed E-state index contributed by atoms with van der Waals surface area (Å²) in [6.07, 6.45) is 0. The third kappa shape index (κ3) is 6.28. The molecular weight excluding hydrogens is 487 g/mol. The normalized spacial score (nSPS) is 11.2. The van der Waals surface area contributed by atoms with Gasteiger partial charge in [-0.2, -0.15) is 0 Å². The van der Waals surface area contributed by atoms with Crippen LogP contribution in [0.5, 0.6) is 11.5 Å². The summed E-state index contributed by atoms with van der Waals surface area (Å²) < 4.78 is 37.4. The first kappa shape index (κ1) is 23.2. The molecule has 0 unspecified atom stereocenters. The molecule has 1 aromatic heterocycles. The smallest absolute Gasteiger partial charge is 0.269 e. The van der Waals surface area contributed by atoms with E-state index >= 15 is 0 Å². The highest BCUT2D eigenvalue weighted by atomic mass is 35.5. The Labute approximate surface area is 192 Å². The molecule has 1 heterocycles. The predicted molar refractivity (Wildman–Crippen MR) is 118 cm³/mol. The van der Waals surface area contributed by atoms with Crippen molar-refractivity contribution in [2.24, 2.45) is 0 Å². The molecule has 0 aliphatic carbocycles. The van der Waals surface area contributed by atoms with Crippen LogP contribution in [-0.4, -0.2) is 44.8 Å². The maximum atomic E-state index is 12.4. The zero-order valence-electron chi connectivity index (χ0n) is 16.0. The van der Waals surface area contributed by atoms with E-state index < -0.39 is 15.9 Å². The predicted octanol–water partition coefficient (Wildman–Crippen LogP) is 3.46. The number of carbonyl (C=O) groups excluding carboxylic acids is 1.